The van der Waals surface area contributed by atoms with Crippen molar-refractivity contribution in [3.05, 3.63) is 29.8 Å². The van der Waals surface area contributed by atoms with Crippen LogP contribution in [0.3, 0.4) is 0 Å². The lowest BCUT2D eigenvalue weighted by atomic mass is 10.0. The van der Waals surface area contributed by atoms with Gasteiger partial charge in [-0.05, 0) is 44.9 Å². The molecule has 9 nitrogen and oxygen atoms in total. The summed E-state index contributed by atoms with van der Waals surface area (Å²) >= 11 is 0. The number of phenols is 1. The predicted molar refractivity (Wildman–Crippen MR) is 102 cm³/mol. The molecule has 2 fully saturated rings. The molecule has 29 heavy (non-hydrogen) atoms. The summed E-state index contributed by atoms with van der Waals surface area (Å²) in [6.07, 6.45) is -0.904. The Morgan fingerprint density at radius 3 is 2.31 bits per heavy atom. The van der Waals surface area contributed by atoms with E-state index in [1.165, 1.54) is 21.9 Å². The van der Waals surface area contributed by atoms with Crippen LogP contribution in [-0.4, -0.2) is 69.0 Å². The maximum Gasteiger partial charge on any atom is 0.424 e. The second-order valence-electron chi connectivity index (χ2n) is 8.26. The van der Waals surface area contributed by atoms with Crippen LogP contribution in [0.4, 0.5) is 9.59 Å². The van der Waals surface area contributed by atoms with Crippen LogP contribution in [0.25, 0.3) is 0 Å². The molecular weight excluding hydrogens is 378 g/mol. The number of piperidine rings is 1. The third kappa shape index (κ3) is 4.03. The van der Waals surface area contributed by atoms with Crippen LogP contribution >= 0.6 is 0 Å². The first-order valence-corrected chi connectivity index (χ1v) is 9.41. The molecule has 0 spiro atoms. The summed E-state index contributed by atoms with van der Waals surface area (Å²) in [7, 11) is 1.63. The molecule has 5 amide bonds. The Morgan fingerprint density at radius 1 is 1.10 bits per heavy atom. The summed E-state index contributed by atoms with van der Waals surface area (Å²) < 4.78 is 5.19. The molecule has 1 aromatic rings. The number of amides is 5. The lowest BCUT2D eigenvalue weighted by Gasteiger charge is -2.34. The number of imide groups is 3. The number of likely N-dealkylation sites (tertiary alicyclic amines) is 1. The van der Waals surface area contributed by atoms with E-state index in [9.17, 15) is 24.3 Å². The quantitative estimate of drug-likeness (QED) is 0.759. The molecule has 0 saturated carbocycles. The highest BCUT2D eigenvalue weighted by Crippen LogP contribution is 2.33. The number of hydrogen-bond donors (Lipinski definition) is 1. The van der Waals surface area contributed by atoms with Gasteiger partial charge >= 0.3 is 12.1 Å². The zero-order valence-corrected chi connectivity index (χ0v) is 16.9. The Morgan fingerprint density at radius 2 is 1.72 bits per heavy atom. The zero-order valence-electron chi connectivity index (χ0n) is 16.9. The molecule has 1 N–H and O–H groups in total. The van der Waals surface area contributed by atoms with Gasteiger partial charge in [0.05, 0.1) is 6.04 Å². The van der Waals surface area contributed by atoms with Crippen molar-refractivity contribution in [3.8, 4) is 5.75 Å². The van der Waals surface area contributed by atoms with Crippen LogP contribution in [0.15, 0.2) is 24.3 Å². The van der Waals surface area contributed by atoms with Crippen LogP contribution in [0.5, 0.6) is 5.75 Å². The first kappa shape index (κ1) is 20.6. The van der Waals surface area contributed by atoms with Crippen LogP contribution in [0, 0.1) is 0 Å². The van der Waals surface area contributed by atoms with Crippen molar-refractivity contribution < 1.29 is 29.0 Å². The largest absolute Gasteiger partial charge is 0.508 e. The molecule has 156 valence electrons. The van der Waals surface area contributed by atoms with Crippen molar-refractivity contribution in [3.63, 3.8) is 0 Å². The molecule has 2 aliphatic heterocycles. The summed E-state index contributed by atoms with van der Waals surface area (Å²) in [6.45, 7) is 5.15. The molecule has 2 aliphatic rings. The Balaban J connectivity index is 1.81. The van der Waals surface area contributed by atoms with E-state index in [0.29, 0.717) is 4.90 Å². The number of carbonyl (C=O) groups excluding carboxylic acids is 4. The van der Waals surface area contributed by atoms with E-state index in [2.05, 4.69) is 0 Å². The Kier molecular flexibility index (Phi) is 5.25. The van der Waals surface area contributed by atoms with Gasteiger partial charge in [-0.2, -0.15) is 4.90 Å². The van der Waals surface area contributed by atoms with Gasteiger partial charge in [0.25, 0.3) is 5.91 Å². The Hall–Kier alpha value is -3.10. The zero-order chi connectivity index (χ0) is 21.5. The molecule has 0 bridgehead atoms. The standard InChI is InChI=1S/C20H25N3O6/c1-20(2,3)29-19(28)23-16(25)10-9-14(17(23)26)22-11-15(21(4)18(22)27)12-5-7-13(24)8-6-12/h5-8,14-15,24H,9-11H2,1-4H3. The van der Waals surface area contributed by atoms with Crippen LogP contribution in [0.1, 0.15) is 45.2 Å². The fourth-order valence-corrected chi connectivity index (χ4v) is 3.56. The van der Waals surface area contributed by atoms with Crippen molar-refractivity contribution in [2.24, 2.45) is 0 Å². The van der Waals surface area contributed by atoms with E-state index in [1.54, 1.807) is 40.0 Å². The highest BCUT2D eigenvalue weighted by atomic mass is 16.6. The van der Waals surface area contributed by atoms with Crippen LogP contribution in [0.2, 0.25) is 0 Å². The lowest BCUT2D eigenvalue weighted by molar-refractivity contribution is -0.150. The van der Waals surface area contributed by atoms with Crippen molar-refractivity contribution in [1.82, 2.24) is 14.7 Å². The molecule has 0 radical (unpaired) electrons. The number of aromatic hydroxyl groups is 1. The smallest absolute Gasteiger partial charge is 0.424 e. The van der Waals surface area contributed by atoms with E-state index in [-0.39, 0.29) is 37.2 Å². The van der Waals surface area contributed by atoms with E-state index in [0.717, 1.165) is 5.56 Å². The number of hydrogen-bond acceptors (Lipinski definition) is 6. The average molecular weight is 403 g/mol. The number of ether oxygens (including phenoxy) is 1. The maximum atomic E-state index is 12.9. The number of likely N-dealkylation sites (N-methyl/N-ethyl adjacent to an activating group) is 1. The van der Waals surface area contributed by atoms with Crippen LogP contribution < -0.4 is 0 Å². The molecule has 2 heterocycles. The third-order valence-electron chi connectivity index (χ3n) is 5.00. The second-order valence-corrected chi connectivity index (χ2v) is 8.26. The summed E-state index contributed by atoms with van der Waals surface area (Å²) in [5.41, 5.74) is -0.0532. The summed E-state index contributed by atoms with van der Waals surface area (Å²) in [5, 5.41) is 9.48. The molecule has 2 unspecified atom stereocenters. The van der Waals surface area contributed by atoms with Crippen molar-refractivity contribution in [2.45, 2.75) is 51.3 Å². The van der Waals surface area contributed by atoms with E-state index >= 15 is 0 Å². The number of urea groups is 1. The first-order valence-electron chi connectivity index (χ1n) is 9.41. The predicted octanol–water partition coefficient (Wildman–Crippen LogP) is 2.25. The van der Waals surface area contributed by atoms with Gasteiger partial charge in [0.1, 0.15) is 17.4 Å². The second kappa shape index (κ2) is 7.38. The molecule has 2 atom stereocenters. The Bertz CT molecular complexity index is 845. The number of carbonyl (C=O) groups is 4. The van der Waals surface area contributed by atoms with Gasteiger partial charge in [0.15, 0.2) is 0 Å². The van der Waals surface area contributed by atoms with E-state index in [1.807, 2.05) is 0 Å². The van der Waals surface area contributed by atoms with Gasteiger partial charge in [0.2, 0.25) is 5.91 Å². The van der Waals surface area contributed by atoms with Gasteiger partial charge < -0.3 is 19.6 Å². The minimum Gasteiger partial charge on any atom is -0.508 e. The monoisotopic (exact) mass is 403 g/mol. The molecule has 0 aliphatic carbocycles. The summed E-state index contributed by atoms with van der Waals surface area (Å²) in [5.74, 6) is -1.26. The SMILES string of the molecule is CN1C(=O)N(C2CCC(=O)N(C(=O)OC(C)(C)C)C2=O)CC1c1ccc(O)cc1. The fraction of sp³-hybridized carbons (Fsp3) is 0.500. The maximum absolute atomic E-state index is 12.9. The topological polar surface area (TPSA) is 107 Å². The van der Waals surface area contributed by atoms with E-state index < -0.39 is 29.6 Å². The highest BCUT2D eigenvalue weighted by Gasteiger charge is 2.48. The van der Waals surface area contributed by atoms with Crippen molar-refractivity contribution in [2.75, 3.05) is 13.6 Å². The van der Waals surface area contributed by atoms with Crippen molar-refractivity contribution in [1.29, 1.82) is 0 Å². The number of nitrogens with zero attached hydrogens (tertiary/aromatic N) is 3. The van der Waals surface area contributed by atoms with Gasteiger partial charge in [-0.1, -0.05) is 12.1 Å². The molecule has 3 rings (SSSR count). The van der Waals surface area contributed by atoms with Gasteiger partial charge in [-0.15, -0.1) is 0 Å². The highest BCUT2D eigenvalue weighted by molar-refractivity contribution is 6.12. The average Bonchev–Trinajstić information content (AvgIpc) is 2.90. The molecule has 0 aromatic heterocycles. The molecule has 2 saturated heterocycles. The molecular formula is C20H25N3O6. The minimum atomic E-state index is -1.02. The van der Waals surface area contributed by atoms with E-state index in [4.69, 9.17) is 4.74 Å². The normalized spacial score (nSPS) is 23.0. The molecule has 9 heteroatoms. The molecule has 1 aromatic carbocycles. The number of rotatable bonds is 2. The number of benzene rings is 1. The first-order chi connectivity index (χ1) is 13.5. The summed E-state index contributed by atoms with van der Waals surface area (Å²) in [6, 6.07) is 4.90. The van der Waals surface area contributed by atoms with Gasteiger partial charge in [-0.3, -0.25) is 9.59 Å². The van der Waals surface area contributed by atoms with Gasteiger partial charge in [0, 0.05) is 20.0 Å². The van der Waals surface area contributed by atoms with Crippen molar-refractivity contribution >= 4 is 23.9 Å². The Labute approximate surface area is 168 Å². The van der Waals surface area contributed by atoms with Crippen LogP contribution in [-0.2, 0) is 14.3 Å². The third-order valence-corrected chi connectivity index (χ3v) is 5.00. The fourth-order valence-electron chi connectivity index (χ4n) is 3.56. The van der Waals surface area contributed by atoms with Gasteiger partial charge in [-0.25, -0.2) is 9.59 Å². The minimum absolute atomic E-state index is 0.0347. The number of phenolic OH excluding ortho intramolecular Hbond substituents is 1. The lowest BCUT2D eigenvalue weighted by Crippen LogP contribution is -2.57. The summed E-state index contributed by atoms with van der Waals surface area (Å²) in [4.78, 5) is 53.8.